The lowest BCUT2D eigenvalue weighted by molar-refractivity contribution is -0.143. The SMILES string of the molecule is COC(=O)C(NC(=O)c1ccccc1)c1cn(C(=O)OC)c2ccccc12. The highest BCUT2D eigenvalue weighted by Gasteiger charge is 2.28. The summed E-state index contributed by atoms with van der Waals surface area (Å²) in [5, 5.41) is 3.31. The number of nitrogens with one attached hydrogen (secondary N) is 1. The fourth-order valence-corrected chi connectivity index (χ4v) is 2.87. The van der Waals surface area contributed by atoms with Crippen molar-refractivity contribution in [2.45, 2.75) is 6.04 Å². The number of ether oxygens (including phenoxy) is 2. The molecule has 1 amide bonds. The van der Waals surface area contributed by atoms with Crippen molar-refractivity contribution in [1.82, 2.24) is 9.88 Å². The number of para-hydroxylation sites is 1. The van der Waals surface area contributed by atoms with Gasteiger partial charge < -0.3 is 14.8 Å². The van der Waals surface area contributed by atoms with E-state index in [1.54, 1.807) is 54.6 Å². The summed E-state index contributed by atoms with van der Waals surface area (Å²) in [6.07, 6.45) is 0.874. The molecule has 0 radical (unpaired) electrons. The molecule has 0 saturated heterocycles. The number of benzene rings is 2. The Morgan fingerprint density at radius 1 is 0.926 bits per heavy atom. The molecular weight excluding hydrogens is 348 g/mol. The van der Waals surface area contributed by atoms with Crippen molar-refractivity contribution < 1.29 is 23.9 Å². The molecule has 1 unspecified atom stereocenters. The van der Waals surface area contributed by atoms with E-state index in [2.05, 4.69) is 5.32 Å². The molecular formula is C20H18N2O5. The van der Waals surface area contributed by atoms with Gasteiger partial charge in [0, 0.05) is 22.7 Å². The van der Waals surface area contributed by atoms with Crippen molar-refractivity contribution >= 4 is 28.9 Å². The first-order valence-electron chi connectivity index (χ1n) is 8.19. The quantitative estimate of drug-likeness (QED) is 0.718. The van der Waals surface area contributed by atoms with Crippen molar-refractivity contribution in [2.75, 3.05) is 14.2 Å². The number of nitrogens with zero attached hydrogens (tertiary/aromatic N) is 1. The molecule has 1 atom stereocenters. The zero-order valence-corrected chi connectivity index (χ0v) is 14.8. The van der Waals surface area contributed by atoms with Gasteiger partial charge in [0.2, 0.25) is 0 Å². The Hall–Kier alpha value is -3.61. The van der Waals surface area contributed by atoms with Gasteiger partial charge in [0.05, 0.1) is 19.7 Å². The summed E-state index contributed by atoms with van der Waals surface area (Å²) in [7, 11) is 2.51. The van der Waals surface area contributed by atoms with Gasteiger partial charge in [-0.05, 0) is 18.2 Å². The molecule has 1 heterocycles. The summed E-state index contributed by atoms with van der Waals surface area (Å²) in [6.45, 7) is 0. The van der Waals surface area contributed by atoms with Gasteiger partial charge in [-0.1, -0.05) is 36.4 Å². The van der Waals surface area contributed by atoms with E-state index in [1.807, 2.05) is 0 Å². The van der Waals surface area contributed by atoms with Gasteiger partial charge in [0.1, 0.15) is 0 Å². The Morgan fingerprint density at radius 3 is 2.26 bits per heavy atom. The highest BCUT2D eigenvalue weighted by atomic mass is 16.5. The van der Waals surface area contributed by atoms with Crippen molar-refractivity contribution in [3.05, 3.63) is 71.9 Å². The molecule has 0 spiro atoms. The van der Waals surface area contributed by atoms with Gasteiger partial charge in [0.25, 0.3) is 5.91 Å². The largest absolute Gasteiger partial charge is 0.467 e. The van der Waals surface area contributed by atoms with Crippen molar-refractivity contribution in [1.29, 1.82) is 0 Å². The van der Waals surface area contributed by atoms with Gasteiger partial charge in [-0.3, -0.25) is 9.36 Å². The average molecular weight is 366 g/mol. The molecule has 7 heteroatoms. The fourth-order valence-electron chi connectivity index (χ4n) is 2.87. The number of rotatable bonds is 4. The second-order valence-corrected chi connectivity index (χ2v) is 5.74. The van der Waals surface area contributed by atoms with Crippen LogP contribution in [-0.4, -0.2) is 36.8 Å². The van der Waals surface area contributed by atoms with E-state index in [4.69, 9.17) is 9.47 Å². The van der Waals surface area contributed by atoms with E-state index in [9.17, 15) is 14.4 Å². The number of aromatic nitrogens is 1. The van der Waals surface area contributed by atoms with Crippen LogP contribution in [0.4, 0.5) is 4.79 Å². The Bertz CT molecular complexity index is 994. The summed E-state index contributed by atoms with van der Waals surface area (Å²) >= 11 is 0. The topological polar surface area (TPSA) is 86.6 Å². The average Bonchev–Trinajstić information content (AvgIpc) is 3.10. The van der Waals surface area contributed by atoms with Crippen LogP contribution in [0.3, 0.4) is 0 Å². The Kier molecular flexibility index (Phi) is 5.21. The number of fused-ring (bicyclic) bond motifs is 1. The number of hydrogen-bond donors (Lipinski definition) is 1. The summed E-state index contributed by atoms with van der Waals surface area (Å²) in [4.78, 5) is 37.1. The first-order chi connectivity index (χ1) is 13.1. The summed E-state index contributed by atoms with van der Waals surface area (Å²) in [5.41, 5.74) is 1.40. The zero-order valence-electron chi connectivity index (χ0n) is 14.8. The molecule has 0 fully saturated rings. The predicted molar refractivity (Wildman–Crippen MR) is 98.4 cm³/mol. The maximum absolute atomic E-state index is 12.6. The number of esters is 1. The number of amides is 1. The van der Waals surface area contributed by atoms with Crippen molar-refractivity contribution in [3.8, 4) is 0 Å². The second kappa shape index (κ2) is 7.74. The lowest BCUT2D eigenvalue weighted by Crippen LogP contribution is -2.34. The van der Waals surface area contributed by atoms with E-state index in [0.717, 1.165) is 0 Å². The molecule has 0 aliphatic heterocycles. The van der Waals surface area contributed by atoms with E-state index < -0.39 is 24.0 Å². The fraction of sp³-hybridized carbons (Fsp3) is 0.150. The normalized spacial score (nSPS) is 11.6. The van der Waals surface area contributed by atoms with Crippen LogP contribution in [0.2, 0.25) is 0 Å². The minimum atomic E-state index is -1.08. The third-order valence-corrected chi connectivity index (χ3v) is 4.17. The first kappa shape index (κ1) is 18.2. The molecule has 3 rings (SSSR count). The highest BCUT2D eigenvalue weighted by Crippen LogP contribution is 2.28. The molecule has 138 valence electrons. The van der Waals surface area contributed by atoms with Crippen LogP contribution in [0.5, 0.6) is 0 Å². The Morgan fingerprint density at radius 2 is 1.59 bits per heavy atom. The summed E-state index contributed by atoms with van der Waals surface area (Å²) in [6, 6.07) is 14.5. The number of carbonyl (C=O) groups is 3. The van der Waals surface area contributed by atoms with E-state index in [1.165, 1.54) is 25.0 Å². The lowest BCUT2D eigenvalue weighted by Gasteiger charge is -2.16. The lowest BCUT2D eigenvalue weighted by atomic mass is 10.1. The molecule has 0 aliphatic carbocycles. The maximum Gasteiger partial charge on any atom is 0.418 e. The van der Waals surface area contributed by atoms with Crippen LogP contribution >= 0.6 is 0 Å². The van der Waals surface area contributed by atoms with Crippen LogP contribution in [0.1, 0.15) is 22.0 Å². The van der Waals surface area contributed by atoms with Gasteiger partial charge in [-0.25, -0.2) is 9.59 Å². The molecule has 0 aliphatic rings. The first-order valence-corrected chi connectivity index (χ1v) is 8.19. The summed E-state index contributed by atoms with van der Waals surface area (Å²) < 4.78 is 11.0. The van der Waals surface area contributed by atoms with Crippen LogP contribution in [0.15, 0.2) is 60.8 Å². The maximum atomic E-state index is 12.6. The van der Waals surface area contributed by atoms with Gasteiger partial charge >= 0.3 is 12.1 Å². The van der Waals surface area contributed by atoms with E-state index in [-0.39, 0.29) is 0 Å². The molecule has 3 aromatic rings. The molecule has 1 N–H and O–H groups in total. The number of carbonyl (C=O) groups excluding carboxylic acids is 3. The minimum Gasteiger partial charge on any atom is -0.467 e. The predicted octanol–water partition coefficient (Wildman–Crippen LogP) is 2.90. The van der Waals surface area contributed by atoms with E-state index >= 15 is 0 Å². The van der Waals surface area contributed by atoms with Crippen LogP contribution < -0.4 is 5.32 Å². The smallest absolute Gasteiger partial charge is 0.418 e. The van der Waals surface area contributed by atoms with Crippen molar-refractivity contribution in [2.24, 2.45) is 0 Å². The monoisotopic (exact) mass is 366 g/mol. The van der Waals surface area contributed by atoms with Gasteiger partial charge in [-0.2, -0.15) is 0 Å². The third kappa shape index (κ3) is 3.52. The zero-order chi connectivity index (χ0) is 19.4. The summed E-state index contributed by atoms with van der Waals surface area (Å²) in [5.74, 6) is -1.08. The Balaban J connectivity index is 2.07. The third-order valence-electron chi connectivity index (χ3n) is 4.17. The molecule has 27 heavy (non-hydrogen) atoms. The van der Waals surface area contributed by atoms with Crippen LogP contribution in [0, 0.1) is 0 Å². The van der Waals surface area contributed by atoms with Crippen LogP contribution in [-0.2, 0) is 14.3 Å². The van der Waals surface area contributed by atoms with Crippen molar-refractivity contribution in [3.63, 3.8) is 0 Å². The Labute approximate surface area is 155 Å². The van der Waals surface area contributed by atoms with Gasteiger partial charge in [-0.15, -0.1) is 0 Å². The number of methoxy groups -OCH3 is 2. The molecule has 7 nitrogen and oxygen atoms in total. The van der Waals surface area contributed by atoms with Gasteiger partial charge in [0.15, 0.2) is 6.04 Å². The molecule has 0 bridgehead atoms. The highest BCUT2D eigenvalue weighted by molar-refractivity contribution is 6.00. The van der Waals surface area contributed by atoms with E-state index in [0.29, 0.717) is 22.0 Å². The molecule has 2 aromatic carbocycles. The molecule has 0 saturated carbocycles. The number of hydrogen-bond acceptors (Lipinski definition) is 5. The minimum absolute atomic E-state index is 0.406. The molecule has 1 aromatic heterocycles. The second-order valence-electron chi connectivity index (χ2n) is 5.74. The standard InChI is InChI=1S/C20H18N2O5/c1-26-19(24)17(21-18(23)13-8-4-3-5-9-13)15-12-22(20(25)27-2)16-11-7-6-10-14(15)16/h3-12,17H,1-2H3,(H,21,23). The van der Waals surface area contributed by atoms with Crippen LogP contribution in [0.25, 0.3) is 10.9 Å².